The molecule has 0 spiro atoms. The second-order valence-electron chi connectivity index (χ2n) is 5.70. The van der Waals surface area contributed by atoms with Gasteiger partial charge in [0, 0.05) is 45.5 Å². The number of sulfone groups is 1. The van der Waals surface area contributed by atoms with Crippen molar-refractivity contribution in [3.8, 4) is 0 Å². The van der Waals surface area contributed by atoms with Crippen molar-refractivity contribution in [2.24, 2.45) is 0 Å². The standard InChI is InChI=1S/C15H24N2O3S/c1-21(19,20)12-11-16-7-9-17(10-8-16)13-15(18)14-5-3-2-4-6-14/h2-6,15,18H,7-13H2,1H3/t15-/m1/s1. The van der Waals surface area contributed by atoms with Gasteiger partial charge >= 0.3 is 0 Å². The number of benzene rings is 1. The lowest BCUT2D eigenvalue weighted by atomic mass is 10.1. The minimum Gasteiger partial charge on any atom is -0.387 e. The summed E-state index contributed by atoms with van der Waals surface area (Å²) in [6.45, 7) is 4.69. The van der Waals surface area contributed by atoms with Gasteiger partial charge in [0.05, 0.1) is 11.9 Å². The first-order chi connectivity index (χ1) is 9.94. The van der Waals surface area contributed by atoms with Crippen LogP contribution in [-0.2, 0) is 9.84 Å². The fourth-order valence-electron chi connectivity index (χ4n) is 2.52. The highest BCUT2D eigenvalue weighted by molar-refractivity contribution is 7.90. The van der Waals surface area contributed by atoms with E-state index in [1.165, 1.54) is 6.26 Å². The van der Waals surface area contributed by atoms with Crippen LogP contribution in [0.1, 0.15) is 11.7 Å². The molecular formula is C15H24N2O3S. The van der Waals surface area contributed by atoms with Crippen LogP contribution in [0.4, 0.5) is 0 Å². The number of hydrogen-bond donors (Lipinski definition) is 1. The van der Waals surface area contributed by atoms with E-state index in [0.717, 1.165) is 31.7 Å². The third kappa shape index (κ3) is 5.74. The van der Waals surface area contributed by atoms with Crippen molar-refractivity contribution < 1.29 is 13.5 Å². The van der Waals surface area contributed by atoms with Gasteiger partial charge in [-0.1, -0.05) is 30.3 Å². The Morgan fingerprint density at radius 3 is 2.24 bits per heavy atom. The molecule has 1 aromatic carbocycles. The van der Waals surface area contributed by atoms with Crippen molar-refractivity contribution in [2.75, 3.05) is 51.3 Å². The molecule has 6 heteroatoms. The first-order valence-electron chi connectivity index (χ1n) is 7.29. The minimum absolute atomic E-state index is 0.222. The van der Waals surface area contributed by atoms with Gasteiger partial charge in [0.25, 0.3) is 0 Å². The fraction of sp³-hybridized carbons (Fsp3) is 0.600. The highest BCUT2D eigenvalue weighted by atomic mass is 32.2. The molecule has 0 saturated carbocycles. The fourth-order valence-corrected chi connectivity index (χ4v) is 3.11. The zero-order valence-corrected chi connectivity index (χ0v) is 13.3. The van der Waals surface area contributed by atoms with Gasteiger partial charge in [0.1, 0.15) is 9.84 Å². The van der Waals surface area contributed by atoms with Crippen molar-refractivity contribution >= 4 is 9.84 Å². The largest absolute Gasteiger partial charge is 0.387 e. The molecular weight excluding hydrogens is 288 g/mol. The van der Waals surface area contributed by atoms with Crippen molar-refractivity contribution in [3.63, 3.8) is 0 Å². The first kappa shape index (κ1) is 16.4. The van der Waals surface area contributed by atoms with Gasteiger partial charge in [0.15, 0.2) is 0 Å². The number of piperazine rings is 1. The van der Waals surface area contributed by atoms with Crippen LogP contribution in [0.15, 0.2) is 30.3 Å². The average Bonchev–Trinajstić information content (AvgIpc) is 2.46. The number of aliphatic hydroxyl groups excluding tert-OH is 1. The third-order valence-corrected chi connectivity index (χ3v) is 4.78. The Bertz CT molecular complexity index is 525. The van der Waals surface area contributed by atoms with Gasteiger partial charge in [-0.2, -0.15) is 0 Å². The summed E-state index contributed by atoms with van der Waals surface area (Å²) in [7, 11) is -2.89. The normalized spacial score (nSPS) is 19.5. The molecule has 21 heavy (non-hydrogen) atoms. The average molecular weight is 312 g/mol. The maximum absolute atomic E-state index is 11.2. The van der Waals surface area contributed by atoms with Crippen LogP contribution in [0.3, 0.4) is 0 Å². The smallest absolute Gasteiger partial charge is 0.148 e. The predicted octanol–water partition coefficient (Wildman–Crippen LogP) is 0.382. The van der Waals surface area contributed by atoms with Gasteiger partial charge in [-0.3, -0.25) is 9.80 Å². The summed E-state index contributed by atoms with van der Waals surface area (Å²) in [5.74, 6) is 0.222. The SMILES string of the molecule is CS(=O)(=O)CCN1CCN(C[C@@H](O)c2ccccc2)CC1. The number of rotatable bonds is 6. The van der Waals surface area contributed by atoms with Gasteiger partial charge < -0.3 is 5.11 Å². The number of β-amino-alcohol motifs (C(OH)–C–C–N with tert-alkyl or cyclic N) is 1. The molecule has 118 valence electrons. The number of nitrogens with zero attached hydrogens (tertiary/aromatic N) is 2. The van der Waals surface area contributed by atoms with Gasteiger partial charge in [-0.05, 0) is 5.56 Å². The molecule has 1 saturated heterocycles. The molecule has 1 heterocycles. The second-order valence-corrected chi connectivity index (χ2v) is 7.96. The van der Waals surface area contributed by atoms with Crippen LogP contribution in [-0.4, -0.2) is 74.6 Å². The Labute approximate surface area is 127 Å². The minimum atomic E-state index is -2.89. The quantitative estimate of drug-likeness (QED) is 0.823. The van der Waals surface area contributed by atoms with Gasteiger partial charge in [-0.25, -0.2) is 8.42 Å². The van der Waals surface area contributed by atoms with E-state index in [2.05, 4.69) is 9.80 Å². The molecule has 0 radical (unpaired) electrons. The van der Waals surface area contributed by atoms with E-state index in [9.17, 15) is 13.5 Å². The molecule has 1 aliphatic heterocycles. The van der Waals surface area contributed by atoms with E-state index in [4.69, 9.17) is 0 Å². The molecule has 0 aromatic heterocycles. The molecule has 0 unspecified atom stereocenters. The second kappa shape index (κ2) is 7.35. The lowest BCUT2D eigenvalue weighted by molar-refractivity contribution is 0.0746. The van der Waals surface area contributed by atoms with Crippen molar-refractivity contribution in [3.05, 3.63) is 35.9 Å². The molecule has 5 nitrogen and oxygen atoms in total. The first-order valence-corrected chi connectivity index (χ1v) is 9.35. The van der Waals surface area contributed by atoms with Crippen LogP contribution < -0.4 is 0 Å². The van der Waals surface area contributed by atoms with E-state index >= 15 is 0 Å². The lowest BCUT2D eigenvalue weighted by Crippen LogP contribution is -2.48. The van der Waals surface area contributed by atoms with Crippen LogP contribution >= 0.6 is 0 Å². The maximum Gasteiger partial charge on any atom is 0.148 e. The summed E-state index contributed by atoms with van der Waals surface area (Å²) < 4.78 is 22.3. The Morgan fingerprint density at radius 1 is 1.10 bits per heavy atom. The Kier molecular flexibility index (Phi) is 5.75. The molecule has 1 fully saturated rings. The lowest BCUT2D eigenvalue weighted by Gasteiger charge is -2.35. The predicted molar refractivity (Wildman–Crippen MR) is 84.0 cm³/mol. The van der Waals surface area contributed by atoms with Crippen LogP contribution in [0, 0.1) is 0 Å². The Hall–Kier alpha value is -0.950. The molecule has 1 N–H and O–H groups in total. The summed E-state index contributed by atoms with van der Waals surface area (Å²) in [4.78, 5) is 4.40. The Morgan fingerprint density at radius 2 is 1.67 bits per heavy atom. The molecule has 1 aliphatic rings. The molecule has 1 aromatic rings. The summed E-state index contributed by atoms with van der Waals surface area (Å²) >= 11 is 0. The molecule has 2 rings (SSSR count). The van der Waals surface area contributed by atoms with Crippen molar-refractivity contribution in [2.45, 2.75) is 6.10 Å². The topological polar surface area (TPSA) is 60.9 Å². The van der Waals surface area contributed by atoms with Gasteiger partial charge in [-0.15, -0.1) is 0 Å². The highest BCUT2D eigenvalue weighted by Crippen LogP contribution is 2.14. The van der Waals surface area contributed by atoms with E-state index < -0.39 is 15.9 Å². The monoisotopic (exact) mass is 312 g/mol. The Balaban J connectivity index is 1.74. The maximum atomic E-state index is 11.2. The van der Waals surface area contributed by atoms with Crippen LogP contribution in [0.25, 0.3) is 0 Å². The molecule has 0 amide bonds. The van der Waals surface area contributed by atoms with E-state index in [1.807, 2.05) is 30.3 Å². The number of hydrogen-bond acceptors (Lipinski definition) is 5. The third-order valence-electron chi connectivity index (χ3n) is 3.86. The van der Waals surface area contributed by atoms with E-state index in [-0.39, 0.29) is 5.75 Å². The summed E-state index contributed by atoms with van der Waals surface area (Å²) in [5, 5.41) is 10.2. The summed E-state index contributed by atoms with van der Waals surface area (Å²) in [6, 6.07) is 9.68. The van der Waals surface area contributed by atoms with Gasteiger partial charge in [0.2, 0.25) is 0 Å². The zero-order valence-electron chi connectivity index (χ0n) is 12.5. The van der Waals surface area contributed by atoms with Crippen LogP contribution in [0.5, 0.6) is 0 Å². The number of aliphatic hydroxyl groups is 1. The highest BCUT2D eigenvalue weighted by Gasteiger charge is 2.20. The molecule has 0 bridgehead atoms. The molecule has 0 aliphatic carbocycles. The van der Waals surface area contributed by atoms with Crippen LogP contribution in [0.2, 0.25) is 0 Å². The van der Waals surface area contributed by atoms with E-state index in [1.54, 1.807) is 0 Å². The van der Waals surface area contributed by atoms with E-state index in [0.29, 0.717) is 13.1 Å². The van der Waals surface area contributed by atoms with Crippen molar-refractivity contribution in [1.29, 1.82) is 0 Å². The summed E-state index contributed by atoms with van der Waals surface area (Å²) in [5.41, 5.74) is 0.942. The van der Waals surface area contributed by atoms with Crippen molar-refractivity contribution in [1.82, 2.24) is 9.80 Å². The summed E-state index contributed by atoms with van der Waals surface area (Å²) in [6.07, 6.45) is 0.813. The zero-order chi connectivity index (χ0) is 15.3. The molecule has 1 atom stereocenters.